The van der Waals surface area contributed by atoms with E-state index in [2.05, 4.69) is 0 Å². The van der Waals surface area contributed by atoms with Crippen LogP contribution in [0.1, 0.15) is 46.5 Å². The molecule has 1 aliphatic heterocycles. The van der Waals surface area contributed by atoms with E-state index in [0.717, 1.165) is 13.0 Å². The molecular weight excluding hydrogens is 218 g/mol. The van der Waals surface area contributed by atoms with Gasteiger partial charge in [-0.1, -0.05) is 12.8 Å². The third-order valence-electron chi connectivity index (χ3n) is 3.46. The van der Waals surface area contributed by atoms with Gasteiger partial charge in [0.05, 0.1) is 6.61 Å². The summed E-state index contributed by atoms with van der Waals surface area (Å²) >= 11 is 0. The fraction of sp³-hybridized carbons (Fsp3) is 0.923. The number of rotatable bonds is 0. The molecule has 1 aliphatic carbocycles. The van der Waals surface area contributed by atoms with Gasteiger partial charge in [0.1, 0.15) is 12.3 Å². The molecule has 2 aliphatic rings. The second-order valence-electron chi connectivity index (χ2n) is 6.06. The van der Waals surface area contributed by atoms with E-state index in [1.807, 2.05) is 20.8 Å². The lowest BCUT2D eigenvalue weighted by molar-refractivity contribution is -0.0960. The molecule has 1 heterocycles. The van der Waals surface area contributed by atoms with Gasteiger partial charge in [0, 0.05) is 12.0 Å². The number of nitrogens with zero attached hydrogens (tertiary/aromatic N) is 1. The average molecular weight is 241 g/mol. The zero-order chi connectivity index (χ0) is 12.5. The van der Waals surface area contributed by atoms with E-state index in [1.165, 1.54) is 19.3 Å². The third kappa shape index (κ3) is 3.12. The Bertz CT molecular complexity index is 283. The second-order valence-corrected chi connectivity index (χ2v) is 6.06. The van der Waals surface area contributed by atoms with Crippen LogP contribution in [-0.4, -0.2) is 36.0 Å². The standard InChI is InChI=1S/C13H23NO3/c1-13(2,3)17-12(15)14-9-16-8-10-6-4-5-7-11(10)14/h10-11H,4-9H2,1-3H3. The Labute approximate surface area is 103 Å². The minimum Gasteiger partial charge on any atom is -0.444 e. The van der Waals surface area contributed by atoms with Gasteiger partial charge < -0.3 is 9.47 Å². The molecule has 0 aromatic heterocycles. The van der Waals surface area contributed by atoms with Crippen molar-refractivity contribution in [3.05, 3.63) is 0 Å². The first-order valence-corrected chi connectivity index (χ1v) is 6.55. The molecule has 0 bridgehead atoms. The first kappa shape index (κ1) is 12.7. The number of carbonyl (C=O) groups is 1. The van der Waals surface area contributed by atoms with Crippen molar-refractivity contribution in [2.45, 2.75) is 58.1 Å². The summed E-state index contributed by atoms with van der Waals surface area (Å²) in [7, 11) is 0. The summed E-state index contributed by atoms with van der Waals surface area (Å²) in [5.74, 6) is 0.505. The summed E-state index contributed by atoms with van der Waals surface area (Å²) in [6, 6.07) is 0.326. The van der Waals surface area contributed by atoms with E-state index in [0.29, 0.717) is 18.7 Å². The van der Waals surface area contributed by atoms with Crippen molar-refractivity contribution >= 4 is 6.09 Å². The smallest absolute Gasteiger partial charge is 0.412 e. The third-order valence-corrected chi connectivity index (χ3v) is 3.46. The van der Waals surface area contributed by atoms with Crippen molar-refractivity contribution in [1.29, 1.82) is 0 Å². The monoisotopic (exact) mass is 241 g/mol. The van der Waals surface area contributed by atoms with Crippen molar-refractivity contribution in [2.24, 2.45) is 5.92 Å². The summed E-state index contributed by atoms with van der Waals surface area (Å²) < 4.78 is 10.9. The minimum atomic E-state index is -0.432. The number of ether oxygens (including phenoxy) is 2. The molecular formula is C13H23NO3. The Morgan fingerprint density at radius 3 is 2.71 bits per heavy atom. The van der Waals surface area contributed by atoms with Gasteiger partial charge in [0.25, 0.3) is 0 Å². The van der Waals surface area contributed by atoms with Gasteiger partial charge in [-0.2, -0.15) is 0 Å². The van der Waals surface area contributed by atoms with Crippen LogP contribution in [0.4, 0.5) is 4.79 Å². The fourth-order valence-electron chi connectivity index (χ4n) is 2.70. The van der Waals surface area contributed by atoms with E-state index in [-0.39, 0.29) is 6.09 Å². The number of carbonyl (C=O) groups excluding carboxylic acids is 1. The van der Waals surface area contributed by atoms with Crippen molar-refractivity contribution in [1.82, 2.24) is 4.90 Å². The van der Waals surface area contributed by atoms with Crippen molar-refractivity contribution in [3.63, 3.8) is 0 Å². The molecule has 2 rings (SSSR count). The molecule has 2 atom stereocenters. The molecule has 1 saturated heterocycles. The van der Waals surface area contributed by atoms with Gasteiger partial charge >= 0.3 is 6.09 Å². The summed E-state index contributed by atoms with van der Waals surface area (Å²) in [5.41, 5.74) is -0.432. The van der Waals surface area contributed by atoms with Crippen LogP contribution < -0.4 is 0 Å². The summed E-state index contributed by atoms with van der Waals surface area (Å²) in [4.78, 5) is 13.9. The Balaban J connectivity index is 2.01. The Morgan fingerprint density at radius 1 is 1.29 bits per heavy atom. The quantitative estimate of drug-likeness (QED) is 0.654. The fourth-order valence-corrected chi connectivity index (χ4v) is 2.70. The van der Waals surface area contributed by atoms with E-state index < -0.39 is 5.60 Å². The highest BCUT2D eigenvalue weighted by molar-refractivity contribution is 5.68. The Kier molecular flexibility index (Phi) is 3.61. The molecule has 2 unspecified atom stereocenters. The van der Waals surface area contributed by atoms with Crippen molar-refractivity contribution in [3.8, 4) is 0 Å². The van der Waals surface area contributed by atoms with Crippen LogP contribution in [0.2, 0.25) is 0 Å². The average Bonchev–Trinajstić information content (AvgIpc) is 2.26. The maximum Gasteiger partial charge on any atom is 0.412 e. The molecule has 2 fully saturated rings. The topological polar surface area (TPSA) is 38.8 Å². The SMILES string of the molecule is CC(C)(C)OC(=O)N1COCC2CCCCC21. The summed E-state index contributed by atoms with van der Waals surface area (Å²) in [6.07, 6.45) is 4.50. The van der Waals surface area contributed by atoms with Crippen LogP contribution in [0.5, 0.6) is 0 Å². The van der Waals surface area contributed by atoms with Gasteiger partial charge in [0.15, 0.2) is 0 Å². The second kappa shape index (κ2) is 4.84. The zero-order valence-electron chi connectivity index (χ0n) is 11.1. The Morgan fingerprint density at radius 2 is 2.00 bits per heavy atom. The number of fused-ring (bicyclic) bond motifs is 1. The van der Waals surface area contributed by atoms with E-state index in [1.54, 1.807) is 4.90 Å². The lowest BCUT2D eigenvalue weighted by atomic mass is 9.83. The molecule has 0 radical (unpaired) electrons. The van der Waals surface area contributed by atoms with Crippen LogP contribution in [-0.2, 0) is 9.47 Å². The molecule has 1 amide bonds. The van der Waals surface area contributed by atoms with Crippen LogP contribution in [0, 0.1) is 5.92 Å². The lowest BCUT2D eigenvalue weighted by Gasteiger charge is -2.43. The van der Waals surface area contributed by atoms with Crippen molar-refractivity contribution < 1.29 is 14.3 Å². The molecule has 17 heavy (non-hydrogen) atoms. The molecule has 4 heteroatoms. The molecule has 0 aromatic carbocycles. The summed E-state index contributed by atoms with van der Waals surface area (Å²) in [5, 5.41) is 0. The lowest BCUT2D eigenvalue weighted by Crippen LogP contribution is -2.53. The number of hydrogen-bond acceptors (Lipinski definition) is 3. The molecule has 0 aromatic rings. The highest BCUT2D eigenvalue weighted by Crippen LogP contribution is 2.32. The zero-order valence-corrected chi connectivity index (χ0v) is 11.1. The van der Waals surface area contributed by atoms with Gasteiger partial charge in [-0.15, -0.1) is 0 Å². The van der Waals surface area contributed by atoms with Gasteiger partial charge in [-0.3, -0.25) is 4.90 Å². The highest BCUT2D eigenvalue weighted by Gasteiger charge is 2.38. The maximum atomic E-state index is 12.1. The van der Waals surface area contributed by atoms with Crippen LogP contribution in [0.25, 0.3) is 0 Å². The first-order valence-electron chi connectivity index (χ1n) is 6.55. The van der Waals surface area contributed by atoms with E-state index >= 15 is 0 Å². The first-order chi connectivity index (χ1) is 7.97. The molecule has 98 valence electrons. The van der Waals surface area contributed by atoms with Gasteiger partial charge in [-0.25, -0.2) is 4.79 Å². The highest BCUT2D eigenvalue weighted by atomic mass is 16.6. The molecule has 0 spiro atoms. The molecule has 1 saturated carbocycles. The van der Waals surface area contributed by atoms with Gasteiger partial charge in [-0.05, 0) is 33.6 Å². The Hall–Kier alpha value is -0.770. The summed E-state index contributed by atoms with van der Waals surface area (Å²) in [6.45, 7) is 6.87. The van der Waals surface area contributed by atoms with E-state index in [4.69, 9.17) is 9.47 Å². The predicted octanol–water partition coefficient (Wildman–Crippen LogP) is 2.77. The van der Waals surface area contributed by atoms with Gasteiger partial charge in [0.2, 0.25) is 0 Å². The maximum absolute atomic E-state index is 12.1. The predicted molar refractivity (Wildman–Crippen MR) is 64.6 cm³/mol. The minimum absolute atomic E-state index is 0.228. The molecule has 0 N–H and O–H groups in total. The number of hydrogen-bond donors (Lipinski definition) is 0. The van der Waals surface area contributed by atoms with Crippen LogP contribution in [0.3, 0.4) is 0 Å². The largest absolute Gasteiger partial charge is 0.444 e. The van der Waals surface area contributed by atoms with E-state index in [9.17, 15) is 4.79 Å². The van der Waals surface area contributed by atoms with Crippen LogP contribution in [0.15, 0.2) is 0 Å². The normalized spacial score (nSPS) is 29.7. The van der Waals surface area contributed by atoms with Crippen molar-refractivity contribution in [2.75, 3.05) is 13.3 Å². The molecule has 4 nitrogen and oxygen atoms in total. The van der Waals surface area contributed by atoms with Crippen LogP contribution >= 0.6 is 0 Å². The number of amides is 1.